The molecular formula is C31H32N2O9. The van der Waals surface area contributed by atoms with Gasteiger partial charge >= 0.3 is 0 Å². The number of hydrogen-bond acceptors (Lipinski definition) is 10. The lowest BCUT2D eigenvalue weighted by molar-refractivity contribution is -0.169. The Hall–Kier alpha value is -4.45. The third-order valence-electron chi connectivity index (χ3n) is 8.82. The second-order valence-electron chi connectivity index (χ2n) is 11.1. The third kappa shape index (κ3) is 3.54. The van der Waals surface area contributed by atoms with Crippen LogP contribution in [0.15, 0.2) is 63.8 Å². The smallest absolute Gasteiger partial charge is 0.255 e. The van der Waals surface area contributed by atoms with Gasteiger partial charge in [-0.05, 0) is 43.8 Å². The van der Waals surface area contributed by atoms with Gasteiger partial charge in [-0.1, -0.05) is 38.6 Å². The molecule has 11 nitrogen and oxygen atoms in total. The Bertz CT molecular complexity index is 1720. The average molecular weight is 577 g/mol. The highest BCUT2D eigenvalue weighted by Crippen LogP contribution is 2.57. The minimum absolute atomic E-state index is 0. The van der Waals surface area contributed by atoms with Crippen molar-refractivity contribution in [1.29, 1.82) is 0 Å². The number of nitrogens with zero attached hydrogens (tertiary/aromatic N) is 1. The zero-order valence-electron chi connectivity index (χ0n) is 22.3. The predicted molar refractivity (Wildman–Crippen MR) is 152 cm³/mol. The van der Waals surface area contributed by atoms with Crippen molar-refractivity contribution in [3.8, 4) is 17.1 Å². The van der Waals surface area contributed by atoms with Crippen LogP contribution >= 0.6 is 0 Å². The fourth-order valence-electron chi connectivity index (χ4n) is 6.93. The number of phenolic OH excluding ortho intramolecular Hbond substituents is 1. The number of carbonyl (C=O) groups excluding carboxylic acids is 3. The van der Waals surface area contributed by atoms with Crippen LogP contribution in [0.5, 0.6) is 5.75 Å². The normalized spacial score (nSPS) is 28.9. The van der Waals surface area contributed by atoms with Gasteiger partial charge in [0, 0.05) is 16.9 Å². The van der Waals surface area contributed by atoms with Crippen LogP contribution in [-0.4, -0.2) is 79.7 Å². The maximum absolute atomic E-state index is 14.1. The van der Waals surface area contributed by atoms with Gasteiger partial charge in [-0.2, -0.15) is 0 Å². The van der Waals surface area contributed by atoms with Crippen LogP contribution in [0.4, 0.5) is 0 Å². The number of carbonyl (C=O) groups is 3. The first-order chi connectivity index (χ1) is 19.3. The number of aromatic hydroxyl groups is 1. The summed E-state index contributed by atoms with van der Waals surface area (Å²) in [5.41, 5.74) is 2.10. The third-order valence-corrected chi connectivity index (χ3v) is 8.82. The van der Waals surface area contributed by atoms with Gasteiger partial charge in [0.15, 0.2) is 11.4 Å². The van der Waals surface area contributed by atoms with Crippen molar-refractivity contribution in [3.05, 3.63) is 70.5 Å². The number of ketones is 2. The largest absolute Gasteiger partial charge is 0.508 e. The van der Waals surface area contributed by atoms with E-state index in [1.165, 1.54) is 19.0 Å². The number of likely N-dealkylation sites (N-methyl/N-ethyl adjacent to an activating group) is 1. The molecule has 0 radical (unpaired) electrons. The molecule has 3 aliphatic rings. The zero-order chi connectivity index (χ0) is 29.7. The average Bonchev–Trinajstić information content (AvgIpc) is 3.34. The quantitative estimate of drug-likeness (QED) is 0.252. The molecule has 6 atom stereocenters. The number of primary amides is 1. The Balaban J connectivity index is 0.00000353. The van der Waals surface area contributed by atoms with Crippen LogP contribution in [0.3, 0.4) is 0 Å². The fourth-order valence-corrected chi connectivity index (χ4v) is 6.93. The molecule has 0 spiro atoms. The number of hydrogen-bond donors (Lipinski definition) is 6. The lowest BCUT2D eigenvalue weighted by Gasteiger charge is -2.53. The van der Waals surface area contributed by atoms with Gasteiger partial charge in [0.05, 0.1) is 29.2 Å². The summed E-state index contributed by atoms with van der Waals surface area (Å²) in [6.45, 7) is 1.68. The van der Waals surface area contributed by atoms with E-state index in [9.17, 15) is 39.9 Å². The molecule has 0 saturated heterocycles. The lowest BCUT2D eigenvalue weighted by atomic mass is 9.54. The summed E-state index contributed by atoms with van der Waals surface area (Å²) in [7, 11) is 2.92. The number of para-hydroxylation sites is 1. The summed E-state index contributed by atoms with van der Waals surface area (Å²) in [5.74, 6) is -9.02. The van der Waals surface area contributed by atoms with Crippen LogP contribution in [0.2, 0.25) is 0 Å². The number of phenols is 1. The van der Waals surface area contributed by atoms with Crippen LogP contribution in [0.25, 0.3) is 28.1 Å². The standard InChI is InChI=1S/C30H28N2O9.CH4/c1-11-13-8-9-14(16-10-12-6-4-5-7-15(12)41-16)23(33)18(13)24(34)19-17(11)25(35)21-22(32(2)3)26(36)20(29(31)39)28(38)30(21,40)27(19)37;/h4-11,17,21-22,25,33-35,38,40H,1-3H3,(H2,31,39);1H4/t11-,17-,21+,22-,25-,30-;/m1./s1. The minimum atomic E-state index is -2.96. The summed E-state index contributed by atoms with van der Waals surface area (Å²) in [6.07, 6.45) is -1.65. The number of fused-ring (bicyclic) bond motifs is 4. The topological polar surface area (TPSA) is 195 Å². The van der Waals surface area contributed by atoms with E-state index in [0.717, 1.165) is 5.39 Å². The van der Waals surface area contributed by atoms with Gasteiger partial charge < -0.3 is 35.7 Å². The van der Waals surface area contributed by atoms with Crippen molar-refractivity contribution in [2.24, 2.45) is 17.6 Å². The van der Waals surface area contributed by atoms with Crippen molar-refractivity contribution in [1.82, 2.24) is 4.90 Å². The summed E-state index contributed by atoms with van der Waals surface area (Å²) < 4.78 is 5.89. The maximum Gasteiger partial charge on any atom is 0.255 e. The SMILES string of the molecule is C.C[C@@H]1c2ccc(-c3cc4ccccc4o3)c(O)c2C(O)=C2C(=O)[C@@]3(O)C(O)=C(C(N)=O)C(=O)[C@H](N(C)C)[C@H]3[C@H](O)[C@@H]21. The van der Waals surface area contributed by atoms with Crippen LogP contribution in [0.1, 0.15) is 31.4 Å². The van der Waals surface area contributed by atoms with E-state index in [4.69, 9.17) is 10.2 Å². The van der Waals surface area contributed by atoms with Crippen molar-refractivity contribution < 1.29 is 44.3 Å². The molecule has 7 N–H and O–H groups in total. The van der Waals surface area contributed by atoms with Gasteiger partial charge in [-0.3, -0.25) is 19.3 Å². The first kappa shape index (κ1) is 29.1. The summed E-state index contributed by atoms with van der Waals surface area (Å²) >= 11 is 0. The highest BCUT2D eigenvalue weighted by Gasteiger charge is 2.68. The molecule has 0 aliphatic heterocycles. The molecule has 6 rings (SSSR count). The van der Waals surface area contributed by atoms with Crippen molar-refractivity contribution in [2.75, 3.05) is 14.1 Å². The highest BCUT2D eigenvalue weighted by atomic mass is 16.4. The number of aliphatic hydroxyl groups is 4. The van der Waals surface area contributed by atoms with Crippen molar-refractivity contribution >= 4 is 34.2 Å². The molecule has 2 aromatic carbocycles. The second-order valence-corrected chi connectivity index (χ2v) is 11.1. The lowest BCUT2D eigenvalue weighted by Crippen LogP contribution is -2.70. The molecule has 1 fully saturated rings. The number of aliphatic hydroxyl groups excluding tert-OH is 3. The molecule has 0 unspecified atom stereocenters. The van der Waals surface area contributed by atoms with Gasteiger partial charge in [0.25, 0.3) is 5.91 Å². The van der Waals surface area contributed by atoms with Crippen molar-refractivity contribution in [3.63, 3.8) is 0 Å². The predicted octanol–water partition coefficient (Wildman–Crippen LogP) is 2.55. The first-order valence-electron chi connectivity index (χ1n) is 13.0. The number of benzene rings is 2. The second kappa shape index (κ2) is 9.55. The summed E-state index contributed by atoms with van der Waals surface area (Å²) in [6, 6.07) is 10.8. The van der Waals surface area contributed by atoms with E-state index in [1.54, 1.807) is 37.3 Å². The van der Waals surface area contributed by atoms with E-state index in [2.05, 4.69) is 0 Å². The molecule has 1 aromatic heterocycles. The van der Waals surface area contributed by atoms with Crippen LogP contribution in [-0.2, 0) is 14.4 Å². The fraction of sp³-hybridized carbons (Fsp3) is 0.323. The molecule has 1 amide bonds. The molecule has 1 heterocycles. The number of rotatable bonds is 3. The Morgan fingerprint density at radius 1 is 1.07 bits per heavy atom. The Morgan fingerprint density at radius 3 is 2.36 bits per heavy atom. The Morgan fingerprint density at radius 2 is 1.74 bits per heavy atom. The number of amides is 1. The highest BCUT2D eigenvalue weighted by molar-refractivity contribution is 6.24. The van der Waals surface area contributed by atoms with E-state index in [0.29, 0.717) is 16.9 Å². The maximum atomic E-state index is 14.1. The molecular weight excluding hydrogens is 544 g/mol. The molecule has 11 heteroatoms. The molecule has 42 heavy (non-hydrogen) atoms. The molecule has 0 bridgehead atoms. The van der Waals surface area contributed by atoms with E-state index >= 15 is 0 Å². The van der Waals surface area contributed by atoms with Gasteiger partial charge in [0.2, 0.25) is 5.78 Å². The van der Waals surface area contributed by atoms with E-state index in [1.807, 2.05) is 12.1 Å². The Kier molecular flexibility index (Phi) is 6.61. The van der Waals surface area contributed by atoms with E-state index < -0.39 is 81.4 Å². The number of nitrogens with two attached hydrogens (primary N) is 1. The Labute approximate surface area is 240 Å². The zero-order valence-corrected chi connectivity index (χ0v) is 22.3. The molecule has 220 valence electrons. The monoisotopic (exact) mass is 576 g/mol. The van der Waals surface area contributed by atoms with Gasteiger partial charge in [0.1, 0.15) is 34.2 Å². The number of Topliss-reactive ketones (excluding diaryl/α,β-unsaturated/α-hetero) is 2. The summed E-state index contributed by atoms with van der Waals surface area (Å²) in [4.78, 5) is 40.9. The van der Waals surface area contributed by atoms with Crippen molar-refractivity contribution in [2.45, 2.75) is 38.0 Å². The summed E-state index contributed by atoms with van der Waals surface area (Å²) in [5, 5.41) is 58.2. The minimum Gasteiger partial charge on any atom is -0.508 e. The van der Waals surface area contributed by atoms with E-state index in [-0.39, 0.29) is 18.6 Å². The number of furan rings is 1. The van der Waals surface area contributed by atoms with Gasteiger partial charge in [-0.25, -0.2) is 0 Å². The van der Waals surface area contributed by atoms with Crippen LogP contribution in [0, 0.1) is 11.8 Å². The van der Waals surface area contributed by atoms with Crippen LogP contribution < -0.4 is 5.73 Å². The molecule has 3 aliphatic carbocycles. The first-order valence-corrected chi connectivity index (χ1v) is 13.0. The molecule has 3 aromatic rings. The molecule has 1 saturated carbocycles. The van der Waals surface area contributed by atoms with Gasteiger partial charge in [-0.15, -0.1) is 0 Å².